The summed E-state index contributed by atoms with van der Waals surface area (Å²) in [6, 6.07) is 0.444. The Morgan fingerprint density at radius 2 is 1.50 bits per heavy atom. The first kappa shape index (κ1) is 15.9. The molecule has 0 unspecified atom stereocenters. The molecule has 0 aliphatic heterocycles. The predicted octanol–water partition coefficient (Wildman–Crippen LogP) is 3.60. The van der Waals surface area contributed by atoms with Crippen LogP contribution < -0.4 is 5.32 Å². The van der Waals surface area contributed by atoms with E-state index in [2.05, 4.69) is 60.7 Å². The van der Waals surface area contributed by atoms with Gasteiger partial charge in [-0.25, -0.2) is 0 Å². The summed E-state index contributed by atoms with van der Waals surface area (Å²) in [5.74, 6) is 0.698. The molecular weight excluding hydrogens is 198 g/mol. The number of rotatable bonds is 5. The fourth-order valence-corrected chi connectivity index (χ4v) is 1.70. The van der Waals surface area contributed by atoms with Gasteiger partial charge >= 0.3 is 0 Å². The third kappa shape index (κ3) is 10.4. The van der Waals surface area contributed by atoms with Crippen LogP contribution >= 0.6 is 0 Å². The van der Waals surface area contributed by atoms with Crippen molar-refractivity contribution in [1.82, 2.24) is 5.32 Å². The molecular formula is C14H31NO. The number of hydrogen-bond donors (Lipinski definition) is 1. The van der Waals surface area contributed by atoms with Crippen molar-refractivity contribution in [3.05, 3.63) is 0 Å². The molecule has 16 heavy (non-hydrogen) atoms. The summed E-state index contributed by atoms with van der Waals surface area (Å²) >= 11 is 0. The van der Waals surface area contributed by atoms with Gasteiger partial charge in [0.1, 0.15) is 0 Å². The van der Waals surface area contributed by atoms with Crippen LogP contribution in [0.5, 0.6) is 0 Å². The minimum atomic E-state index is -0.0468. The Morgan fingerprint density at radius 1 is 1.00 bits per heavy atom. The van der Waals surface area contributed by atoms with E-state index >= 15 is 0 Å². The van der Waals surface area contributed by atoms with Gasteiger partial charge in [-0.1, -0.05) is 13.8 Å². The Balaban J connectivity index is 4.22. The summed E-state index contributed by atoms with van der Waals surface area (Å²) in [4.78, 5) is 0. The monoisotopic (exact) mass is 229 g/mol. The van der Waals surface area contributed by atoms with Gasteiger partial charge in [0.05, 0.1) is 12.2 Å². The van der Waals surface area contributed by atoms with Gasteiger partial charge in [0.15, 0.2) is 0 Å². The molecule has 0 aromatic heterocycles. The maximum absolute atomic E-state index is 5.88. The van der Waals surface area contributed by atoms with Gasteiger partial charge in [0.2, 0.25) is 0 Å². The molecule has 0 aromatic carbocycles. The second-order valence-corrected chi connectivity index (χ2v) is 7.14. The Morgan fingerprint density at radius 3 is 1.81 bits per heavy atom. The Bertz CT molecular complexity index is 186. The van der Waals surface area contributed by atoms with Crippen molar-refractivity contribution in [3.8, 4) is 0 Å². The lowest BCUT2D eigenvalue weighted by Crippen LogP contribution is -2.47. The summed E-state index contributed by atoms with van der Waals surface area (Å²) < 4.78 is 5.88. The second-order valence-electron chi connectivity index (χ2n) is 7.14. The highest BCUT2D eigenvalue weighted by Gasteiger charge is 2.20. The van der Waals surface area contributed by atoms with Gasteiger partial charge in [-0.3, -0.25) is 0 Å². The van der Waals surface area contributed by atoms with Crippen molar-refractivity contribution >= 4 is 0 Å². The Hall–Kier alpha value is -0.0800. The maximum Gasteiger partial charge on any atom is 0.0627 e. The quantitative estimate of drug-likeness (QED) is 0.777. The smallest absolute Gasteiger partial charge is 0.0627 e. The first-order valence-electron chi connectivity index (χ1n) is 6.41. The molecule has 1 N–H and O–H groups in total. The van der Waals surface area contributed by atoms with E-state index in [0.717, 1.165) is 13.0 Å². The minimum absolute atomic E-state index is 0.0468. The van der Waals surface area contributed by atoms with Crippen LogP contribution in [-0.4, -0.2) is 23.8 Å². The molecule has 0 radical (unpaired) electrons. The molecule has 2 heteroatoms. The van der Waals surface area contributed by atoms with Crippen LogP contribution in [0.3, 0.4) is 0 Å². The number of hydrogen-bond acceptors (Lipinski definition) is 2. The SMILES string of the molecule is CC(C)C[C@@H](COC(C)(C)C)NC(C)(C)C. The van der Waals surface area contributed by atoms with Crippen molar-refractivity contribution in [2.24, 2.45) is 5.92 Å². The van der Waals surface area contributed by atoms with Crippen LogP contribution in [0.15, 0.2) is 0 Å². The van der Waals surface area contributed by atoms with E-state index < -0.39 is 0 Å². The Labute approximate surface area is 102 Å². The molecule has 0 aromatic rings. The van der Waals surface area contributed by atoms with E-state index in [0.29, 0.717) is 12.0 Å². The molecule has 0 saturated carbocycles. The highest BCUT2D eigenvalue weighted by Crippen LogP contribution is 2.13. The molecule has 98 valence electrons. The zero-order valence-corrected chi connectivity index (χ0v) is 12.5. The van der Waals surface area contributed by atoms with E-state index in [1.165, 1.54) is 0 Å². The number of ether oxygens (including phenoxy) is 1. The fraction of sp³-hybridized carbons (Fsp3) is 1.00. The van der Waals surface area contributed by atoms with Gasteiger partial charge in [-0.05, 0) is 53.9 Å². The van der Waals surface area contributed by atoms with Crippen LogP contribution in [0.1, 0.15) is 61.8 Å². The lowest BCUT2D eigenvalue weighted by molar-refractivity contribution is -0.0199. The molecule has 0 aliphatic rings. The number of nitrogens with one attached hydrogen (secondary N) is 1. The largest absolute Gasteiger partial charge is 0.374 e. The molecule has 0 spiro atoms. The summed E-state index contributed by atoms with van der Waals surface area (Å²) in [6.07, 6.45) is 1.16. The summed E-state index contributed by atoms with van der Waals surface area (Å²) in [6.45, 7) is 18.2. The molecule has 0 amide bonds. The van der Waals surface area contributed by atoms with Gasteiger partial charge in [0.25, 0.3) is 0 Å². The van der Waals surface area contributed by atoms with Crippen molar-refractivity contribution in [1.29, 1.82) is 0 Å². The average Bonchev–Trinajstić information content (AvgIpc) is 1.94. The second kappa shape index (κ2) is 6.02. The molecule has 2 nitrogen and oxygen atoms in total. The highest BCUT2D eigenvalue weighted by atomic mass is 16.5. The molecule has 0 rings (SSSR count). The van der Waals surface area contributed by atoms with Crippen LogP contribution in [-0.2, 0) is 4.74 Å². The zero-order chi connectivity index (χ0) is 13.0. The topological polar surface area (TPSA) is 21.3 Å². The van der Waals surface area contributed by atoms with E-state index in [1.807, 2.05) is 0 Å². The van der Waals surface area contributed by atoms with Crippen LogP contribution in [0.25, 0.3) is 0 Å². The van der Waals surface area contributed by atoms with Crippen molar-refractivity contribution in [3.63, 3.8) is 0 Å². The van der Waals surface area contributed by atoms with E-state index in [9.17, 15) is 0 Å². The van der Waals surface area contributed by atoms with E-state index in [1.54, 1.807) is 0 Å². The van der Waals surface area contributed by atoms with Gasteiger partial charge in [-0.2, -0.15) is 0 Å². The first-order chi connectivity index (χ1) is 6.99. The predicted molar refractivity (Wildman–Crippen MR) is 71.8 cm³/mol. The lowest BCUT2D eigenvalue weighted by atomic mass is 10.00. The van der Waals surface area contributed by atoms with Gasteiger partial charge in [0, 0.05) is 11.6 Å². The Kier molecular flexibility index (Phi) is 5.99. The van der Waals surface area contributed by atoms with Crippen LogP contribution in [0.4, 0.5) is 0 Å². The van der Waals surface area contributed by atoms with Gasteiger partial charge in [-0.15, -0.1) is 0 Å². The van der Waals surface area contributed by atoms with Crippen molar-refractivity contribution in [2.45, 2.75) is 79.0 Å². The normalized spacial score (nSPS) is 15.6. The van der Waals surface area contributed by atoms with Gasteiger partial charge < -0.3 is 10.1 Å². The zero-order valence-electron chi connectivity index (χ0n) is 12.5. The minimum Gasteiger partial charge on any atom is -0.374 e. The summed E-state index contributed by atoms with van der Waals surface area (Å²) in [7, 11) is 0. The molecule has 0 heterocycles. The molecule has 1 atom stereocenters. The first-order valence-corrected chi connectivity index (χ1v) is 6.41. The molecule has 0 saturated heterocycles. The van der Waals surface area contributed by atoms with E-state index in [-0.39, 0.29) is 11.1 Å². The maximum atomic E-state index is 5.88. The van der Waals surface area contributed by atoms with Crippen LogP contribution in [0.2, 0.25) is 0 Å². The third-order valence-electron chi connectivity index (χ3n) is 2.11. The van der Waals surface area contributed by atoms with Crippen molar-refractivity contribution < 1.29 is 4.74 Å². The van der Waals surface area contributed by atoms with Crippen molar-refractivity contribution in [2.75, 3.05) is 6.61 Å². The average molecular weight is 229 g/mol. The lowest BCUT2D eigenvalue weighted by Gasteiger charge is -2.32. The molecule has 0 bridgehead atoms. The van der Waals surface area contributed by atoms with E-state index in [4.69, 9.17) is 4.74 Å². The summed E-state index contributed by atoms with van der Waals surface area (Å²) in [5, 5.41) is 3.64. The highest BCUT2D eigenvalue weighted by molar-refractivity contribution is 4.79. The van der Waals surface area contributed by atoms with Crippen LogP contribution in [0, 0.1) is 5.92 Å². The molecule has 0 aliphatic carbocycles. The fourth-order valence-electron chi connectivity index (χ4n) is 1.70. The summed E-state index contributed by atoms with van der Waals surface area (Å²) in [5.41, 5.74) is 0.107. The third-order valence-corrected chi connectivity index (χ3v) is 2.11. The standard InChI is InChI=1S/C14H31NO/c1-11(2)9-12(15-13(3,4)5)10-16-14(6,7)8/h11-12,15H,9-10H2,1-8H3/t12-/m0/s1. The molecule has 0 fully saturated rings.